The van der Waals surface area contributed by atoms with Crippen molar-refractivity contribution in [3.05, 3.63) is 42.2 Å². The first kappa shape index (κ1) is 17.4. The number of nitrogens with one attached hydrogen (secondary N) is 3. The van der Waals surface area contributed by atoms with Crippen molar-refractivity contribution in [1.82, 2.24) is 9.97 Å². The van der Waals surface area contributed by atoms with Crippen molar-refractivity contribution in [3.63, 3.8) is 0 Å². The highest BCUT2D eigenvalue weighted by Crippen LogP contribution is 2.16. The number of benzene rings is 1. The van der Waals surface area contributed by atoms with Gasteiger partial charge in [0, 0.05) is 30.0 Å². The molecule has 1 heterocycles. The van der Waals surface area contributed by atoms with E-state index in [2.05, 4.69) is 25.9 Å². The molecule has 2 aromatic rings. The van der Waals surface area contributed by atoms with Crippen molar-refractivity contribution in [2.24, 2.45) is 0 Å². The maximum absolute atomic E-state index is 12.3. The van der Waals surface area contributed by atoms with Crippen LogP contribution in [0, 0.1) is 0 Å². The van der Waals surface area contributed by atoms with Crippen LogP contribution in [0.3, 0.4) is 0 Å². The molecule has 1 aromatic heterocycles. The molecular weight excluding hydrogens is 306 g/mol. The lowest BCUT2D eigenvalue weighted by Gasteiger charge is -2.20. The minimum atomic E-state index is -0.352. The number of anilines is 3. The highest BCUT2D eigenvalue weighted by atomic mass is 16.2. The van der Waals surface area contributed by atoms with Crippen molar-refractivity contribution >= 4 is 29.1 Å². The van der Waals surface area contributed by atoms with Gasteiger partial charge in [-0.1, -0.05) is 6.07 Å². The lowest BCUT2D eigenvalue weighted by Crippen LogP contribution is -2.28. The Kier molecular flexibility index (Phi) is 5.13. The topological polar surface area (TPSA) is 96.0 Å². The van der Waals surface area contributed by atoms with Crippen LogP contribution in [-0.2, 0) is 4.79 Å². The summed E-state index contributed by atoms with van der Waals surface area (Å²) in [7, 11) is 0. The predicted molar refractivity (Wildman–Crippen MR) is 94.1 cm³/mol. The molecule has 0 aliphatic rings. The fourth-order valence-corrected chi connectivity index (χ4v) is 1.95. The summed E-state index contributed by atoms with van der Waals surface area (Å²) in [5.41, 5.74) is 1.22. The molecule has 0 aliphatic carbocycles. The maximum atomic E-state index is 12.3. The van der Waals surface area contributed by atoms with Crippen molar-refractivity contribution in [1.29, 1.82) is 0 Å². The number of amides is 2. The van der Waals surface area contributed by atoms with Gasteiger partial charge in [-0.3, -0.25) is 9.59 Å². The molecule has 0 saturated heterocycles. The molecular formula is C17H21N5O2. The van der Waals surface area contributed by atoms with Crippen molar-refractivity contribution in [3.8, 4) is 0 Å². The zero-order valence-corrected chi connectivity index (χ0v) is 14.2. The Labute approximate surface area is 140 Å². The van der Waals surface area contributed by atoms with Gasteiger partial charge in [-0.05, 0) is 45.0 Å². The van der Waals surface area contributed by atoms with Gasteiger partial charge in [0.2, 0.25) is 11.9 Å². The Morgan fingerprint density at radius 1 is 1.04 bits per heavy atom. The second-order valence-corrected chi connectivity index (χ2v) is 6.36. The maximum Gasteiger partial charge on any atom is 0.274 e. The first-order valence-corrected chi connectivity index (χ1v) is 7.53. The summed E-state index contributed by atoms with van der Waals surface area (Å²) in [5.74, 6) is -0.136. The summed E-state index contributed by atoms with van der Waals surface area (Å²) < 4.78 is 0. The molecule has 0 radical (unpaired) electrons. The first-order chi connectivity index (χ1) is 11.2. The number of nitrogens with zero attached hydrogens (tertiary/aromatic N) is 2. The van der Waals surface area contributed by atoms with Crippen LogP contribution in [0.2, 0.25) is 0 Å². The Bertz CT molecular complexity index is 753. The molecule has 2 rings (SSSR count). The van der Waals surface area contributed by atoms with E-state index >= 15 is 0 Å². The van der Waals surface area contributed by atoms with Crippen LogP contribution in [0.5, 0.6) is 0 Å². The molecule has 3 N–H and O–H groups in total. The number of carbonyl (C=O) groups is 2. The highest BCUT2D eigenvalue weighted by molar-refractivity contribution is 6.03. The molecule has 7 heteroatoms. The van der Waals surface area contributed by atoms with Crippen molar-refractivity contribution in [2.75, 3.05) is 16.0 Å². The first-order valence-electron chi connectivity index (χ1n) is 7.53. The Balaban J connectivity index is 2.12. The standard InChI is InChI=1S/C17H21N5O2/c1-11(23)19-12-6-5-7-13(10-12)20-15(24)14-8-9-18-16(21-14)22-17(2,3)4/h5-10H,1-4H3,(H,19,23)(H,20,24)(H,18,21,22). The van der Waals surface area contributed by atoms with E-state index in [1.54, 1.807) is 30.3 Å². The Hall–Kier alpha value is -2.96. The van der Waals surface area contributed by atoms with Gasteiger partial charge in [0.25, 0.3) is 5.91 Å². The molecule has 7 nitrogen and oxygen atoms in total. The quantitative estimate of drug-likeness (QED) is 0.802. The normalized spacial score (nSPS) is 10.8. The Morgan fingerprint density at radius 2 is 1.71 bits per heavy atom. The van der Waals surface area contributed by atoms with Gasteiger partial charge < -0.3 is 16.0 Å². The molecule has 1 aromatic carbocycles. The van der Waals surface area contributed by atoms with E-state index in [9.17, 15) is 9.59 Å². The van der Waals surface area contributed by atoms with Gasteiger partial charge in [-0.2, -0.15) is 0 Å². The van der Waals surface area contributed by atoms with Crippen LogP contribution >= 0.6 is 0 Å². The number of rotatable bonds is 4. The fraction of sp³-hybridized carbons (Fsp3) is 0.294. The van der Waals surface area contributed by atoms with Crippen LogP contribution in [0.4, 0.5) is 17.3 Å². The minimum Gasteiger partial charge on any atom is -0.350 e. The average molecular weight is 327 g/mol. The zero-order valence-electron chi connectivity index (χ0n) is 14.2. The number of hydrogen-bond acceptors (Lipinski definition) is 5. The van der Waals surface area contributed by atoms with E-state index in [0.717, 1.165) is 0 Å². The molecule has 0 fully saturated rings. The van der Waals surface area contributed by atoms with E-state index in [-0.39, 0.29) is 23.0 Å². The summed E-state index contributed by atoms with van der Waals surface area (Å²) in [6.45, 7) is 7.37. The van der Waals surface area contributed by atoms with Crippen LogP contribution in [0.25, 0.3) is 0 Å². The zero-order chi connectivity index (χ0) is 17.7. The minimum absolute atomic E-state index is 0.174. The summed E-state index contributed by atoms with van der Waals surface area (Å²) in [5, 5.41) is 8.54. The van der Waals surface area contributed by atoms with Gasteiger partial charge in [0.05, 0.1) is 0 Å². The van der Waals surface area contributed by atoms with Gasteiger partial charge >= 0.3 is 0 Å². The molecule has 0 bridgehead atoms. The lowest BCUT2D eigenvalue weighted by molar-refractivity contribution is -0.114. The smallest absolute Gasteiger partial charge is 0.274 e. The molecule has 24 heavy (non-hydrogen) atoms. The molecule has 0 spiro atoms. The monoisotopic (exact) mass is 327 g/mol. The third-order valence-corrected chi connectivity index (χ3v) is 2.82. The predicted octanol–water partition coefficient (Wildman–Crippen LogP) is 2.90. The molecule has 126 valence electrons. The van der Waals surface area contributed by atoms with E-state index in [1.165, 1.54) is 13.1 Å². The van der Waals surface area contributed by atoms with Gasteiger partial charge in [-0.25, -0.2) is 9.97 Å². The Morgan fingerprint density at radius 3 is 2.33 bits per heavy atom. The molecule has 0 saturated carbocycles. The number of hydrogen-bond donors (Lipinski definition) is 3. The molecule has 0 aliphatic heterocycles. The fourth-order valence-electron chi connectivity index (χ4n) is 1.95. The van der Waals surface area contributed by atoms with Crippen molar-refractivity contribution < 1.29 is 9.59 Å². The largest absolute Gasteiger partial charge is 0.350 e. The average Bonchev–Trinajstić information content (AvgIpc) is 2.45. The molecule has 0 atom stereocenters. The number of carbonyl (C=O) groups excluding carboxylic acids is 2. The third-order valence-electron chi connectivity index (χ3n) is 2.82. The van der Waals surface area contributed by atoms with E-state index in [0.29, 0.717) is 17.3 Å². The molecule has 2 amide bonds. The highest BCUT2D eigenvalue weighted by Gasteiger charge is 2.14. The van der Waals surface area contributed by atoms with Crippen LogP contribution in [-0.4, -0.2) is 27.3 Å². The van der Waals surface area contributed by atoms with E-state index < -0.39 is 0 Å². The third kappa shape index (κ3) is 5.35. The summed E-state index contributed by atoms with van der Waals surface area (Å²) in [4.78, 5) is 31.8. The summed E-state index contributed by atoms with van der Waals surface area (Å²) in [6.07, 6.45) is 1.53. The van der Waals surface area contributed by atoms with E-state index in [4.69, 9.17) is 0 Å². The van der Waals surface area contributed by atoms with Gasteiger partial charge in [0.15, 0.2) is 0 Å². The van der Waals surface area contributed by atoms with Crippen LogP contribution in [0.1, 0.15) is 38.2 Å². The molecule has 0 unspecified atom stereocenters. The lowest BCUT2D eigenvalue weighted by atomic mass is 10.1. The van der Waals surface area contributed by atoms with E-state index in [1.807, 2.05) is 20.8 Å². The second kappa shape index (κ2) is 7.08. The van der Waals surface area contributed by atoms with Crippen LogP contribution in [0.15, 0.2) is 36.5 Å². The van der Waals surface area contributed by atoms with Gasteiger partial charge in [-0.15, -0.1) is 0 Å². The second-order valence-electron chi connectivity index (χ2n) is 6.36. The summed E-state index contributed by atoms with van der Waals surface area (Å²) in [6, 6.07) is 8.44. The van der Waals surface area contributed by atoms with Crippen molar-refractivity contribution in [2.45, 2.75) is 33.2 Å². The SMILES string of the molecule is CC(=O)Nc1cccc(NC(=O)c2ccnc(NC(C)(C)C)n2)c1. The number of aromatic nitrogens is 2. The van der Waals surface area contributed by atoms with Gasteiger partial charge in [0.1, 0.15) is 5.69 Å². The summed E-state index contributed by atoms with van der Waals surface area (Å²) >= 11 is 0. The van der Waals surface area contributed by atoms with Crippen LogP contribution < -0.4 is 16.0 Å².